The molecule has 0 unspecified atom stereocenters. The number of nitrogens with zero attached hydrogens (tertiary/aromatic N) is 2. The number of nitrogens with one attached hydrogen (secondary N) is 1. The number of halogens is 3. The zero-order valence-electron chi connectivity index (χ0n) is 9.27. The van der Waals surface area contributed by atoms with Crippen molar-refractivity contribution in [2.45, 2.75) is 12.3 Å². The molecule has 1 aliphatic rings. The van der Waals surface area contributed by atoms with Crippen molar-refractivity contribution in [1.29, 1.82) is 5.26 Å². The molecule has 0 amide bonds. The number of carboxylic acid groups (broad SMARTS) is 1. The monoisotopic (exact) mass is 295 g/mol. The van der Waals surface area contributed by atoms with Crippen molar-refractivity contribution in [2.24, 2.45) is 0 Å². The summed E-state index contributed by atoms with van der Waals surface area (Å²) in [5.41, 5.74) is 0. The number of aromatic nitrogens is 1. The number of thiazole rings is 1. The van der Waals surface area contributed by atoms with Gasteiger partial charge in [-0.2, -0.15) is 18.4 Å². The summed E-state index contributed by atoms with van der Waals surface area (Å²) in [6.45, 7) is 1.75. The molecule has 1 aromatic rings. The van der Waals surface area contributed by atoms with E-state index in [0.29, 0.717) is 10.1 Å². The zero-order chi connectivity index (χ0) is 14.5. The van der Waals surface area contributed by atoms with E-state index < -0.39 is 12.1 Å². The molecule has 10 heteroatoms. The lowest BCUT2D eigenvalue weighted by Crippen LogP contribution is -2.50. The molecule has 104 valence electrons. The lowest BCUT2D eigenvalue weighted by molar-refractivity contribution is -0.192. The molecule has 1 fully saturated rings. The van der Waals surface area contributed by atoms with Gasteiger partial charge in [0.1, 0.15) is 17.1 Å². The highest BCUT2D eigenvalue weighted by atomic mass is 32.1. The molecule has 0 aliphatic carbocycles. The standard InChI is InChI=1S/C7H7N3OS.C2HF3O2/c8-1-6-4-10-7(12-6)11-5-2-9-3-5;3-2(4,5)1(6)7/h4-5,9H,2-3H2;(H,6,7). The molecule has 0 saturated carbocycles. The first kappa shape index (κ1) is 15.2. The van der Waals surface area contributed by atoms with E-state index in [4.69, 9.17) is 19.9 Å². The summed E-state index contributed by atoms with van der Waals surface area (Å²) in [5.74, 6) is -2.76. The molecular weight excluding hydrogens is 287 g/mol. The van der Waals surface area contributed by atoms with E-state index in [-0.39, 0.29) is 6.10 Å². The van der Waals surface area contributed by atoms with Crippen LogP contribution in [0.25, 0.3) is 0 Å². The van der Waals surface area contributed by atoms with E-state index in [1.165, 1.54) is 17.5 Å². The molecule has 2 N–H and O–H groups in total. The van der Waals surface area contributed by atoms with Crippen LogP contribution in [0.1, 0.15) is 4.88 Å². The van der Waals surface area contributed by atoms with E-state index in [9.17, 15) is 13.2 Å². The second-order valence-electron chi connectivity index (χ2n) is 3.30. The number of rotatable bonds is 2. The minimum absolute atomic E-state index is 0.239. The first-order valence-corrected chi connectivity index (χ1v) is 5.68. The number of nitriles is 1. The van der Waals surface area contributed by atoms with Crippen molar-refractivity contribution >= 4 is 17.3 Å². The Morgan fingerprint density at radius 2 is 2.21 bits per heavy atom. The fourth-order valence-corrected chi connectivity index (χ4v) is 1.48. The number of carbonyl (C=O) groups is 1. The average Bonchev–Trinajstić information content (AvgIpc) is 2.71. The number of aliphatic carboxylic acids is 1. The molecule has 19 heavy (non-hydrogen) atoms. The molecule has 0 spiro atoms. The Morgan fingerprint density at radius 3 is 2.53 bits per heavy atom. The van der Waals surface area contributed by atoms with Gasteiger partial charge >= 0.3 is 12.1 Å². The second kappa shape index (κ2) is 6.35. The Balaban J connectivity index is 0.000000224. The van der Waals surface area contributed by atoms with E-state index in [0.717, 1.165) is 13.1 Å². The molecule has 1 saturated heterocycles. The Kier molecular flexibility index (Phi) is 5.08. The normalized spacial score (nSPS) is 14.6. The highest BCUT2D eigenvalue weighted by Gasteiger charge is 2.38. The summed E-state index contributed by atoms with van der Waals surface area (Å²) in [7, 11) is 0. The van der Waals surface area contributed by atoms with Crippen LogP contribution in [0.15, 0.2) is 6.20 Å². The van der Waals surface area contributed by atoms with Gasteiger partial charge in [-0.25, -0.2) is 9.78 Å². The Bertz CT molecular complexity index is 479. The van der Waals surface area contributed by atoms with E-state index in [2.05, 4.69) is 10.3 Å². The number of alkyl halides is 3. The topological polar surface area (TPSA) is 95.2 Å². The number of hydrogen-bond donors (Lipinski definition) is 2. The average molecular weight is 295 g/mol. The van der Waals surface area contributed by atoms with Gasteiger partial charge in [0.2, 0.25) is 0 Å². The number of carboxylic acids is 1. The van der Waals surface area contributed by atoms with E-state index in [1.54, 1.807) is 0 Å². The fourth-order valence-electron chi connectivity index (χ4n) is 0.852. The second-order valence-corrected chi connectivity index (χ2v) is 4.30. The van der Waals surface area contributed by atoms with Gasteiger partial charge in [0.25, 0.3) is 5.19 Å². The van der Waals surface area contributed by atoms with Gasteiger partial charge in [-0.1, -0.05) is 11.3 Å². The van der Waals surface area contributed by atoms with Crippen LogP contribution in [0.3, 0.4) is 0 Å². The third kappa shape index (κ3) is 5.11. The van der Waals surface area contributed by atoms with Crippen LogP contribution >= 0.6 is 11.3 Å². The van der Waals surface area contributed by atoms with Crippen molar-refractivity contribution in [3.63, 3.8) is 0 Å². The predicted molar refractivity (Wildman–Crippen MR) is 57.8 cm³/mol. The quantitative estimate of drug-likeness (QED) is 0.845. The fraction of sp³-hybridized carbons (Fsp3) is 0.444. The van der Waals surface area contributed by atoms with Crippen LogP contribution in [0.4, 0.5) is 13.2 Å². The van der Waals surface area contributed by atoms with E-state index in [1.807, 2.05) is 6.07 Å². The molecule has 0 atom stereocenters. The summed E-state index contributed by atoms with van der Waals surface area (Å²) < 4.78 is 37.2. The molecule has 2 heterocycles. The minimum Gasteiger partial charge on any atom is -0.475 e. The smallest absolute Gasteiger partial charge is 0.475 e. The van der Waals surface area contributed by atoms with Crippen LogP contribution in [-0.2, 0) is 4.79 Å². The zero-order valence-corrected chi connectivity index (χ0v) is 10.1. The van der Waals surface area contributed by atoms with Crippen LogP contribution < -0.4 is 10.1 Å². The maximum atomic E-state index is 10.6. The largest absolute Gasteiger partial charge is 0.490 e. The maximum absolute atomic E-state index is 10.6. The third-order valence-corrected chi connectivity index (χ3v) is 2.64. The molecule has 0 bridgehead atoms. The summed E-state index contributed by atoms with van der Waals surface area (Å²) in [4.78, 5) is 13.4. The van der Waals surface area contributed by atoms with Gasteiger partial charge in [0, 0.05) is 13.1 Å². The molecule has 1 aliphatic heterocycles. The SMILES string of the molecule is N#Cc1cnc(OC2CNC2)s1.O=C(O)C(F)(F)F. The molecule has 0 radical (unpaired) electrons. The molecule has 6 nitrogen and oxygen atoms in total. The summed E-state index contributed by atoms with van der Waals surface area (Å²) in [5, 5.41) is 19.3. The minimum atomic E-state index is -5.08. The van der Waals surface area contributed by atoms with Crippen LogP contribution in [0, 0.1) is 11.3 Å². The summed E-state index contributed by atoms with van der Waals surface area (Å²) in [6, 6.07) is 2.02. The molecular formula is C9H8F3N3O3S. The Hall–Kier alpha value is -1.86. The van der Waals surface area contributed by atoms with Gasteiger partial charge in [-0.15, -0.1) is 0 Å². The Morgan fingerprint density at radius 1 is 1.63 bits per heavy atom. The highest BCUT2D eigenvalue weighted by Crippen LogP contribution is 2.21. The summed E-state index contributed by atoms with van der Waals surface area (Å²) in [6.07, 6.45) is -3.31. The third-order valence-electron chi connectivity index (χ3n) is 1.85. The number of hydrogen-bond acceptors (Lipinski definition) is 6. The molecule has 1 aromatic heterocycles. The molecule has 2 rings (SSSR count). The van der Waals surface area contributed by atoms with Crippen molar-refractivity contribution in [1.82, 2.24) is 10.3 Å². The number of ether oxygens (including phenoxy) is 1. The lowest BCUT2D eigenvalue weighted by Gasteiger charge is -2.26. The first-order valence-electron chi connectivity index (χ1n) is 4.86. The van der Waals surface area contributed by atoms with Gasteiger partial charge < -0.3 is 15.2 Å². The van der Waals surface area contributed by atoms with Crippen molar-refractivity contribution in [3.05, 3.63) is 11.1 Å². The van der Waals surface area contributed by atoms with Crippen molar-refractivity contribution < 1.29 is 27.8 Å². The van der Waals surface area contributed by atoms with E-state index >= 15 is 0 Å². The molecule has 0 aromatic carbocycles. The highest BCUT2D eigenvalue weighted by molar-refractivity contribution is 7.13. The van der Waals surface area contributed by atoms with Crippen LogP contribution in [-0.4, -0.2) is 41.4 Å². The van der Waals surface area contributed by atoms with Crippen molar-refractivity contribution in [2.75, 3.05) is 13.1 Å². The lowest BCUT2D eigenvalue weighted by atomic mass is 10.2. The maximum Gasteiger partial charge on any atom is 0.490 e. The van der Waals surface area contributed by atoms with Crippen LogP contribution in [0.5, 0.6) is 5.19 Å². The van der Waals surface area contributed by atoms with Gasteiger partial charge in [-0.05, 0) is 0 Å². The van der Waals surface area contributed by atoms with Gasteiger partial charge in [-0.3, -0.25) is 0 Å². The van der Waals surface area contributed by atoms with Gasteiger partial charge in [0.15, 0.2) is 0 Å². The summed E-state index contributed by atoms with van der Waals surface area (Å²) >= 11 is 1.29. The van der Waals surface area contributed by atoms with Crippen LogP contribution in [0.2, 0.25) is 0 Å². The first-order chi connectivity index (χ1) is 8.82. The van der Waals surface area contributed by atoms with Crippen molar-refractivity contribution in [3.8, 4) is 11.3 Å². The predicted octanol–water partition coefficient (Wildman–Crippen LogP) is 0.999. The Labute approximate surface area is 109 Å². The van der Waals surface area contributed by atoms with Gasteiger partial charge in [0.05, 0.1) is 6.20 Å².